The van der Waals surface area contributed by atoms with E-state index in [2.05, 4.69) is 41.5 Å². The molecule has 1 fully saturated rings. The number of amides is 1. The summed E-state index contributed by atoms with van der Waals surface area (Å²) in [5, 5.41) is 0. The Morgan fingerprint density at radius 1 is 0.769 bits per heavy atom. The van der Waals surface area contributed by atoms with E-state index in [0.29, 0.717) is 0 Å². The average molecular weight is 348 g/mol. The van der Waals surface area contributed by atoms with Crippen LogP contribution in [0, 0.1) is 0 Å². The molecule has 1 amide bonds. The van der Waals surface area contributed by atoms with Gasteiger partial charge in [-0.05, 0) is 52.7 Å². The van der Waals surface area contributed by atoms with Gasteiger partial charge < -0.3 is 0 Å². The zero-order chi connectivity index (χ0) is 19.2. The van der Waals surface area contributed by atoms with Crippen molar-refractivity contribution in [1.82, 2.24) is 4.90 Å². The molecule has 3 rings (SSSR count). The van der Waals surface area contributed by atoms with Crippen molar-refractivity contribution in [2.24, 2.45) is 4.99 Å². The van der Waals surface area contributed by atoms with Gasteiger partial charge in [0, 0.05) is 5.54 Å². The first kappa shape index (κ1) is 18.4. The van der Waals surface area contributed by atoms with Crippen LogP contribution in [0.2, 0.25) is 0 Å². The summed E-state index contributed by atoms with van der Waals surface area (Å²) in [6, 6.07) is 20.0. The third-order valence-corrected chi connectivity index (χ3v) is 4.60. The summed E-state index contributed by atoms with van der Waals surface area (Å²) < 4.78 is 0. The van der Waals surface area contributed by atoms with E-state index in [1.54, 1.807) is 0 Å². The first-order valence-corrected chi connectivity index (χ1v) is 9.14. The van der Waals surface area contributed by atoms with Crippen molar-refractivity contribution in [2.45, 2.75) is 58.0 Å². The Bertz CT molecular complexity index is 785. The minimum absolute atomic E-state index is 0.0883. The second-order valence-corrected chi connectivity index (χ2v) is 8.90. The van der Waals surface area contributed by atoms with Gasteiger partial charge in [-0.25, -0.2) is 0 Å². The molecule has 1 aliphatic heterocycles. The summed E-state index contributed by atoms with van der Waals surface area (Å²) in [7, 11) is 0. The van der Waals surface area contributed by atoms with E-state index < -0.39 is 5.41 Å². The molecule has 1 heterocycles. The first-order chi connectivity index (χ1) is 12.1. The van der Waals surface area contributed by atoms with Crippen LogP contribution in [-0.2, 0) is 10.2 Å². The van der Waals surface area contributed by atoms with Gasteiger partial charge >= 0.3 is 0 Å². The number of hydrogen-bond donors (Lipinski definition) is 0. The molecule has 0 saturated carbocycles. The molecule has 0 atom stereocenters. The van der Waals surface area contributed by atoms with E-state index in [4.69, 9.17) is 4.99 Å². The van der Waals surface area contributed by atoms with Gasteiger partial charge in [-0.1, -0.05) is 60.7 Å². The molecule has 2 aromatic rings. The van der Waals surface area contributed by atoms with Gasteiger partial charge in [-0.15, -0.1) is 0 Å². The van der Waals surface area contributed by atoms with Crippen LogP contribution >= 0.6 is 0 Å². The quantitative estimate of drug-likeness (QED) is 0.717. The molecule has 0 spiro atoms. The number of rotatable bonds is 2. The van der Waals surface area contributed by atoms with Crippen molar-refractivity contribution in [3.63, 3.8) is 0 Å². The Labute approximate surface area is 156 Å². The lowest BCUT2D eigenvalue weighted by Gasteiger charge is -2.56. The minimum Gasteiger partial charge on any atom is -0.292 e. The van der Waals surface area contributed by atoms with Crippen molar-refractivity contribution in [1.29, 1.82) is 0 Å². The first-order valence-electron chi connectivity index (χ1n) is 9.14. The molecule has 26 heavy (non-hydrogen) atoms. The summed E-state index contributed by atoms with van der Waals surface area (Å²) in [4.78, 5) is 20.6. The fourth-order valence-electron chi connectivity index (χ4n) is 3.60. The van der Waals surface area contributed by atoms with E-state index in [1.807, 2.05) is 65.6 Å². The van der Waals surface area contributed by atoms with Gasteiger partial charge in [0.15, 0.2) is 5.41 Å². The monoisotopic (exact) mass is 348 g/mol. The summed E-state index contributed by atoms with van der Waals surface area (Å²) >= 11 is 0. The highest BCUT2D eigenvalue weighted by Crippen LogP contribution is 2.47. The number of aliphatic imine (C=N–C) groups is 1. The van der Waals surface area contributed by atoms with Gasteiger partial charge in [-0.2, -0.15) is 0 Å². The zero-order valence-corrected chi connectivity index (χ0v) is 16.6. The molecule has 2 aromatic carbocycles. The van der Waals surface area contributed by atoms with Crippen LogP contribution in [0.15, 0.2) is 65.7 Å². The van der Waals surface area contributed by atoms with E-state index in [9.17, 15) is 4.79 Å². The van der Waals surface area contributed by atoms with Crippen molar-refractivity contribution in [3.8, 4) is 0 Å². The second-order valence-electron chi connectivity index (χ2n) is 8.90. The SMILES string of the molecule is CC(C)(C)N=C1N(C(C)(C)C)C(=O)C1(c1ccccc1)c1ccccc1. The molecule has 0 radical (unpaired) electrons. The van der Waals surface area contributed by atoms with Crippen molar-refractivity contribution >= 4 is 11.7 Å². The molecule has 3 heteroatoms. The number of likely N-dealkylation sites (tertiary alicyclic amines) is 1. The van der Waals surface area contributed by atoms with E-state index in [-0.39, 0.29) is 17.0 Å². The molecule has 136 valence electrons. The highest BCUT2D eigenvalue weighted by molar-refractivity contribution is 6.31. The van der Waals surface area contributed by atoms with Crippen LogP contribution < -0.4 is 0 Å². The van der Waals surface area contributed by atoms with Gasteiger partial charge in [0.25, 0.3) is 5.91 Å². The fraction of sp³-hybridized carbons (Fsp3) is 0.391. The number of benzene rings is 2. The molecule has 0 aromatic heterocycles. The third-order valence-electron chi connectivity index (χ3n) is 4.60. The maximum Gasteiger partial charge on any atom is 0.251 e. The Morgan fingerprint density at radius 2 is 1.19 bits per heavy atom. The van der Waals surface area contributed by atoms with E-state index in [0.717, 1.165) is 17.0 Å². The largest absolute Gasteiger partial charge is 0.292 e. The number of hydrogen-bond acceptors (Lipinski definition) is 2. The number of carbonyl (C=O) groups is 1. The van der Waals surface area contributed by atoms with Crippen LogP contribution in [-0.4, -0.2) is 27.7 Å². The molecule has 3 nitrogen and oxygen atoms in total. The molecule has 0 unspecified atom stereocenters. The van der Waals surface area contributed by atoms with Crippen LogP contribution in [0.3, 0.4) is 0 Å². The van der Waals surface area contributed by atoms with Gasteiger partial charge in [0.05, 0.1) is 5.54 Å². The minimum atomic E-state index is -0.844. The number of carbonyl (C=O) groups excluding carboxylic acids is 1. The number of β-lactam (4-membered cyclic amide) rings is 1. The molecular formula is C23H28N2O. The van der Waals surface area contributed by atoms with Crippen LogP contribution in [0.4, 0.5) is 0 Å². The lowest BCUT2D eigenvalue weighted by Crippen LogP contribution is -2.74. The summed E-state index contributed by atoms with van der Waals surface area (Å²) in [5.74, 6) is 0.922. The van der Waals surface area contributed by atoms with Gasteiger partial charge in [0.2, 0.25) is 0 Å². The predicted octanol–water partition coefficient (Wildman–Crippen LogP) is 4.81. The molecular weight excluding hydrogens is 320 g/mol. The average Bonchev–Trinajstić information content (AvgIpc) is 2.54. The second kappa shape index (κ2) is 6.08. The summed E-state index contributed by atoms with van der Waals surface area (Å²) in [5.41, 5.74) is 0.491. The third kappa shape index (κ3) is 2.86. The Balaban J connectivity index is 2.33. The number of nitrogens with zero attached hydrogens (tertiary/aromatic N) is 2. The highest BCUT2D eigenvalue weighted by atomic mass is 16.2. The molecule has 0 aliphatic carbocycles. The van der Waals surface area contributed by atoms with Crippen molar-refractivity contribution in [2.75, 3.05) is 0 Å². The lowest BCUT2D eigenvalue weighted by molar-refractivity contribution is -0.139. The molecule has 1 aliphatic rings. The van der Waals surface area contributed by atoms with E-state index >= 15 is 0 Å². The molecule has 0 bridgehead atoms. The highest BCUT2D eigenvalue weighted by Gasteiger charge is 2.63. The normalized spacial score (nSPS) is 18.8. The van der Waals surface area contributed by atoms with E-state index in [1.165, 1.54) is 0 Å². The van der Waals surface area contributed by atoms with Crippen molar-refractivity contribution < 1.29 is 4.79 Å². The van der Waals surface area contributed by atoms with Gasteiger partial charge in [0.1, 0.15) is 5.84 Å². The maximum absolute atomic E-state index is 13.7. The molecule has 0 N–H and O–H groups in total. The van der Waals surface area contributed by atoms with Crippen LogP contribution in [0.25, 0.3) is 0 Å². The van der Waals surface area contributed by atoms with Gasteiger partial charge in [-0.3, -0.25) is 14.7 Å². The maximum atomic E-state index is 13.7. The Kier molecular flexibility index (Phi) is 4.30. The number of amidine groups is 1. The Morgan fingerprint density at radius 3 is 1.54 bits per heavy atom. The smallest absolute Gasteiger partial charge is 0.251 e. The summed E-state index contributed by atoms with van der Waals surface area (Å²) in [6.07, 6.45) is 0. The summed E-state index contributed by atoms with van der Waals surface area (Å²) in [6.45, 7) is 12.4. The fourth-order valence-corrected chi connectivity index (χ4v) is 3.60. The van der Waals surface area contributed by atoms with Crippen LogP contribution in [0.5, 0.6) is 0 Å². The Hall–Kier alpha value is -2.42. The topological polar surface area (TPSA) is 32.7 Å². The molecule has 1 saturated heterocycles. The zero-order valence-electron chi connectivity index (χ0n) is 16.6. The van der Waals surface area contributed by atoms with Crippen LogP contribution in [0.1, 0.15) is 52.7 Å². The predicted molar refractivity (Wildman–Crippen MR) is 107 cm³/mol. The standard InChI is InChI=1S/C23H28N2O/c1-21(2,3)24-19-23(17-13-9-7-10-14-17,18-15-11-8-12-16-18)20(26)25(19)22(4,5)6/h7-16H,1-6H3. The van der Waals surface area contributed by atoms with Crippen molar-refractivity contribution in [3.05, 3.63) is 71.8 Å². The lowest BCUT2D eigenvalue weighted by atomic mass is 9.64.